The molecule has 0 aromatic heterocycles. The van der Waals surface area contributed by atoms with Gasteiger partial charge in [-0.05, 0) is 69.5 Å². The van der Waals surface area contributed by atoms with Gasteiger partial charge in [0.25, 0.3) is 0 Å². The fourth-order valence-corrected chi connectivity index (χ4v) is 5.01. The lowest BCUT2D eigenvalue weighted by atomic mass is 9.90. The predicted octanol–water partition coefficient (Wildman–Crippen LogP) is 5.90. The average molecular weight is 370 g/mol. The number of rotatable bonds is 2. The number of nitrogens with zero attached hydrogens (tertiary/aromatic N) is 2. The number of hydrogen-bond acceptors (Lipinski definition) is 0. The van der Waals surface area contributed by atoms with Gasteiger partial charge in [0.15, 0.2) is 0 Å². The molecule has 29 heavy (non-hydrogen) atoms. The first-order chi connectivity index (χ1) is 14.3. The zero-order valence-corrected chi connectivity index (χ0v) is 15.9. The maximum Gasteiger partial charge on any atom is 0.330 e. The number of hydrogen-bond donors (Lipinski definition) is 0. The molecule has 2 aliphatic carbocycles. The smallest absolute Gasteiger partial charge is 0.330 e. The summed E-state index contributed by atoms with van der Waals surface area (Å²) in [6.07, 6.45) is 1.74. The maximum absolute atomic E-state index is 10.1. The Morgan fingerprint density at radius 2 is 1.00 bits per heavy atom. The van der Waals surface area contributed by atoms with Gasteiger partial charge < -0.3 is 5.53 Å². The van der Waals surface area contributed by atoms with Gasteiger partial charge in [0.05, 0.1) is 11.1 Å². The molecule has 136 valence electrons. The van der Waals surface area contributed by atoms with Crippen molar-refractivity contribution in [3.8, 4) is 22.3 Å². The molecule has 0 spiro atoms. The SMILES string of the molecule is [N-]=[N+]=C(c1cccc2c1Cc1ccccc1-2)c1cccc2c1Cc1ccccc1-2. The van der Waals surface area contributed by atoms with Crippen molar-refractivity contribution in [2.75, 3.05) is 0 Å². The molecule has 0 unspecified atom stereocenters. The van der Waals surface area contributed by atoms with Crippen LogP contribution in [0.15, 0.2) is 84.9 Å². The summed E-state index contributed by atoms with van der Waals surface area (Å²) in [7, 11) is 0. The third-order valence-electron chi connectivity index (χ3n) is 6.31. The zero-order chi connectivity index (χ0) is 19.4. The summed E-state index contributed by atoms with van der Waals surface area (Å²) < 4.78 is 0. The molecule has 0 amide bonds. The van der Waals surface area contributed by atoms with Gasteiger partial charge in [-0.15, -0.1) is 0 Å². The summed E-state index contributed by atoms with van der Waals surface area (Å²) in [6.45, 7) is 0. The van der Waals surface area contributed by atoms with Crippen LogP contribution in [0.25, 0.3) is 27.8 Å². The zero-order valence-electron chi connectivity index (χ0n) is 15.9. The van der Waals surface area contributed by atoms with Crippen LogP contribution >= 0.6 is 0 Å². The molecule has 6 rings (SSSR count). The van der Waals surface area contributed by atoms with Crippen LogP contribution in [0.2, 0.25) is 0 Å². The van der Waals surface area contributed by atoms with Gasteiger partial charge in [0.2, 0.25) is 0 Å². The fourth-order valence-electron chi connectivity index (χ4n) is 5.01. The Hall–Kier alpha value is -3.74. The van der Waals surface area contributed by atoms with Gasteiger partial charge in [-0.25, -0.2) is 0 Å². The first-order valence-electron chi connectivity index (χ1n) is 9.98. The summed E-state index contributed by atoms with van der Waals surface area (Å²) in [5, 5.41) is 0. The van der Waals surface area contributed by atoms with Crippen molar-refractivity contribution in [3.63, 3.8) is 0 Å². The highest BCUT2D eigenvalue weighted by Gasteiger charge is 2.30. The molecule has 4 aromatic rings. The van der Waals surface area contributed by atoms with E-state index in [1.54, 1.807) is 0 Å². The van der Waals surface area contributed by atoms with Crippen molar-refractivity contribution >= 4 is 5.71 Å². The highest BCUT2D eigenvalue weighted by atomic mass is 14.9. The van der Waals surface area contributed by atoms with Gasteiger partial charge in [0, 0.05) is 0 Å². The molecule has 2 heteroatoms. The maximum atomic E-state index is 10.1. The lowest BCUT2D eigenvalue weighted by Gasteiger charge is -2.09. The molecule has 2 aliphatic rings. The van der Waals surface area contributed by atoms with E-state index in [-0.39, 0.29) is 0 Å². The minimum atomic E-state index is 0.666. The van der Waals surface area contributed by atoms with Gasteiger partial charge in [-0.3, -0.25) is 0 Å². The van der Waals surface area contributed by atoms with Crippen LogP contribution in [0.5, 0.6) is 0 Å². The summed E-state index contributed by atoms with van der Waals surface area (Å²) in [5.74, 6) is 0. The molecule has 0 aliphatic heterocycles. The Kier molecular flexibility index (Phi) is 3.43. The average Bonchev–Trinajstić information content (AvgIpc) is 3.34. The van der Waals surface area contributed by atoms with Crippen molar-refractivity contribution in [2.45, 2.75) is 12.8 Å². The quantitative estimate of drug-likeness (QED) is 0.207. The molecule has 0 N–H and O–H groups in total. The van der Waals surface area contributed by atoms with E-state index in [0.717, 1.165) is 24.0 Å². The second kappa shape index (κ2) is 6.13. The largest absolute Gasteiger partial charge is 0.361 e. The molecule has 0 radical (unpaired) electrons. The Balaban J connectivity index is 1.53. The van der Waals surface area contributed by atoms with Crippen molar-refractivity contribution in [2.24, 2.45) is 0 Å². The molecule has 0 fully saturated rings. The highest BCUT2D eigenvalue weighted by Crippen LogP contribution is 2.41. The van der Waals surface area contributed by atoms with Gasteiger partial charge in [0.1, 0.15) is 0 Å². The molecule has 0 heterocycles. The standard InChI is InChI=1S/C27H18N2/c28-29-27(23-13-5-11-21-19-9-3-1-7-17(19)15-25(21)23)24-14-6-12-22-20-10-4-2-8-18(20)16-26(22)24/h1-14H,15-16H2. The molecular weight excluding hydrogens is 352 g/mol. The van der Waals surface area contributed by atoms with Crippen LogP contribution in [0.3, 0.4) is 0 Å². The van der Waals surface area contributed by atoms with E-state index in [0.29, 0.717) is 5.71 Å². The van der Waals surface area contributed by atoms with Gasteiger partial charge in [-0.2, -0.15) is 4.79 Å². The van der Waals surface area contributed by atoms with Crippen molar-refractivity contribution in [1.29, 1.82) is 0 Å². The summed E-state index contributed by atoms with van der Waals surface area (Å²) in [6, 6.07) is 29.7. The molecule has 0 saturated carbocycles. The molecule has 4 aromatic carbocycles. The fraction of sp³-hybridized carbons (Fsp3) is 0.0741. The van der Waals surface area contributed by atoms with Crippen molar-refractivity contribution < 1.29 is 4.79 Å². The van der Waals surface area contributed by atoms with Gasteiger partial charge in [-0.1, -0.05) is 72.8 Å². The Morgan fingerprint density at radius 1 is 0.552 bits per heavy atom. The lowest BCUT2D eigenvalue weighted by Crippen LogP contribution is -2.10. The van der Waals surface area contributed by atoms with Crippen molar-refractivity contribution in [1.82, 2.24) is 0 Å². The van der Waals surface area contributed by atoms with E-state index >= 15 is 0 Å². The summed E-state index contributed by atoms with van der Waals surface area (Å²) in [5.41, 5.74) is 23.0. The Morgan fingerprint density at radius 3 is 1.48 bits per heavy atom. The lowest BCUT2D eigenvalue weighted by molar-refractivity contribution is -0.00288. The second-order valence-corrected chi connectivity index (χ2v) is 7.78. The van der Waals surface area contributed by atoms with E-state index in [1.165, 1.54) is 44.5 Å². The Labute approximate surface area is 169 Å². The normalized spacial score (nSPS) is 12.6. The van der Waals surface area contributed by atoms with E-state index in [9.17, 15) is 5.53 Å². The number of benzene rings is 4. The summed E-state index contributed by atoms with van der Waals surface area (Å²) >= 11 is 0. The minimum absolute atomic E-state index is 0.666. The third-order valence-corrected chi connectivity index (χ3v) is 6.31. The molecule has 0 atom stereocenters. The molecule has 2 nitrogen and oxygen atoms in total. The van der Waals surface area contributed by atoms with Crippen LogP contribution in [0.1, 0.15) is 33.4 Å². The predicted molar refractivity (Wildman–Crippen MR) is 116 cm³/mol. The van der Waals surface area contributed by atoms with Gasteiger partial charge >= 0.3 is 5.71 Å². The molecule has 0 bridgehead atoms. The van der Waals surface area contributed by atoms with Crippen LogP contribution in [-0.2, 0) is 12.8 Å². The van der Waals surface area contributed by atoms with Crippen LogP contribution in [-0.4, -0.2) is 10.5 Å². The van der Waals surface area contributed by atoms with Crippen LogP contribution in [0.4, 0.5) is 0 Å². The molecular formula is C27H18N2. The highest BCUT2D eigenvalue weighted by molar-refractivity contribution is 6.13. The van der Waals surface area contributed by atoms with E-state index in [1.807, 2.05) is 0 Å². The molecule has 0 saturated heterocycles. The van der Waals surface area contributed by atoms with Crippen LogP contribution < -0.4 is 0 Å². The second-order valence-electron chi connectivity index (χ2n) is 7.78. The first kappa shape index (κ1) is 16.2. The summed E-state index contributed by atoms with van der Waals surface area (Å²) in [4.78, 5) is 3.83. The first-order valence-corrected chi connectivity index (χ1v) is 9.98. The Bertz CT molecular complexity index is 1260. The van der Waals surface area contributed by atoms with Crippen molar-refractivity contribution in [3.05, 3.63) is 124 Å². The third kappa shape index (κ3) is 2.30. The van der Waals surface area contributed by atoms with E-state index in [4.69, 9.17) is 0 Å². The monoisotopic (exact) mass is 370 g/mol. The van der Waals surface area contributed by atoms with E-state index < -0.39 is 0 Å². The topological polar surface area (TPSA) is 36.4 Å². The van der Waals surface area contributed by atoms with Crippen LogP contribution in [0, 0.1) is 0 Å². The number of fused-ring (bicyclic) bond motifs is 6. The minimum Gasteiger partial charge on any atom is -0.361 e. The van der Waals surface area contributed by atoms with E-state index in [2.05, 4.69) is 89.7 Å².